The predicted molar refractivity (Wildman–Crippen MR) is 145 cm³/mol. The molecule has 0 spiro atoms. The zero-order chi connectivity index (χ0) is 26.5. The molecule has 0 aliphatic heterocycles. The van der Waals surface area contributed by atoms with Gasteiger partial charge in [0.15, 0.2) is 0 Å². The van der Waals surface area contributed by atoms with Gasteiger partial charge in [-0.15, -0.1) is 0 Å². The lowest BCUT2D eigenvalue weighted by molar-refractivity contribution is -0.119. The van der Waals surface area contributed by atoms with Crippen LogP contribution in [-0.4, -0.2) is 34.0 Å². The van der Waals surface area contributed by atoms with Crippen LogP contribution >= 0.6 is 0 Å². The second-order valence-electron chi connectivity index (χ2n) is 10.1. The lowest BCUT2D eigenvalue weighted by atomic mass is 9.86. The van der Waals surface area contributed by atoms with Crippen molar-refractivity contribution < 1.29 is 17.9 Å². The number of anilines is 1. The second kappa shape index (κ2) is 11.2. The van der Waals surface area contributed by atoms with E-state index in [4.69, 9.17) is 4.74 Å². The average molecular weight is 509 g/mol. The van der Waals surface area contributed by atoms with Crippen LogP contribution in [0.4, 0.5) is 5.69 Å². The molecule has 0 aromatic heterocycles. The Morgan fingerprint density at radius 3 is 2.22 bits per heavy atom. The van der Waals surface area contributed by atoms with Crippen LogP contribution in [0.1, 0.15) is 43.0 Å². The number of hydrogen-bond donors (Lipinski definition) is 1. The highest BCUT2D eigenvalue weighted by molar-refractivity contribution is 7.92. The quantitative estimate of drug-likeness (QED) is 0.398. The van der Waals surface area contributed by atoms with E-state index in [-0.39, 0.29) is 30.0 Å². The molecule has 1 amide bonds. The molecule has 0 unspecified atom stereocenters. The summed E-state index contributed by atoms with van der Waals surface area (Å²) in [6.45, 7) is 12.2. The van der Waals surface area contributed by atoms with Gasteiger partial charge in [0, 0.05) is 0 Å². The predicted octanol–water partition coefficient (Wildman–Crippen LogP) is 5.30. The fourth-order valence-corrected chi connectivity index (χ4v) is 5.35. The molecule has 0 radical (unpaired) electrons. The highest BCUT2D eigenvalue weighted by Crippen LogP contribution is 2.31. The number of nitrogens with zero attached hydrogens (tertiary/aromatic N) is 1. The maximum atomic E-state index is 13.6. The minimum Gasteiger partial charge on any atom is -0.491 e. The van der Waals surface area contributed by atoms with E-state index in [2.05, 4.69) is 26.1 Å². The Labute approximate surface area is 215 Å². The van der Waals surface area contributed by atoms with Crippen LogP contribution in [0.15, 0.2) is 71.6 Å². The number of aryl methyl sites for hydroxylation is 3. The van der Waals surface area contributed by atoms with Crippen LogP contribution in [0.3, 0.4) is 0 Å². The molecule has 7 heteroatoms. The Hall–Kier alpha value is -3.32. The summed E-state index contributed by atoms with van der Waals surface area (Å²) in [5, 5.41) is 2.81. The van der Waals surface area contributed by atoms with Crippen LogP contribution in [0, 0.1) is 20.8 Å². The molecule has 3 rings (SSSR count). The molecule has 0 heterocycles. The third-order valence-electron chi connectivity index (χ3n) is 5.91. The highest BCUT2D eigenvalue weighted by Gasteiger charge is 2.28. The number of ether oxygens (including phenoxy) is 1. The third kappa shape index (κ3) is 6.66. The van der Waals surface area contributed by atoms with Crippen molar-refractivity contribution in [1.29, 1.82) is 0 Å². The third-order valence-corrected chi connectivity index (χ3v) is 7.68. The lowest BCUT2D eigenvalue weighted by Crippen LogP contribution is -2.42. The van der Waals surface area contributed by atoms with E-state index in [1.165, 1.54) is 4.31 Å². The Balaban J connectivity index is 1.75. The summed E-state index contributed by atoms with van der Waals surface area (Å²) in [4.78, 5) is 13.1. The van der Waals surface area contributed by atoms with E-state index < -0.39 is 15.9 Å². The number of nitrogens with one attached hydrogen (secondary N) is 1. The van der Waals surface area contributed by atoms with Gasteiger partial charge in [-0.05, 0) is 67.1 Å². The van der Waals surface area contributed by atoms with Crippen molar-refractivity contribution >= 4 is 21.6 Å². The van der Waals surface area contributed by atoms with Crippen molar-refractivity contribution in [2.75, 3.05) is 24.0 Å². The summed E-state index contributed by atoms with van der Waals surface area (Å²) in [5.41, 5.74) is 4.13. The first-order valence-electron chi connectivity index (χ1n) is 12.1. The molecule has 0 aliphatic rings. The second-order valence-corrected chi connectivity index (χ2v) is 11.9. The molecule has 3 aromatic rings. The summed E-state index contributed by atoms with van der Waals surface area (Å²) in [6, 6.07) is 20.1. The molecule has 0 atom stereocenters. The van der Waals surface area contributed by atoms with E-state index in [9.17, 15) is 13.2 Å². The van der Waals surface area contributed by atoms with E-state index in [1.807, 2.05) is 57.2 Å². The molecular weight excluding hydrogens is 472 g/mol. The number of rotatable bonds is 9. The molecule has 1 N–H and O–H groups in total. The Kier molecular flexibility index (Phi) is 8.46. The van der Waals surface area contributed by atoms with E-state index in [0.717, 1.165) is 28.0 Å². The minimum atomic E-state index is -3.96. The van der Waals surface area contributed by atoms with Gasteiger partial charge in [0.2, 0.25) is 5.91 Å². The van der Waals surface area contributed by atoms with Gasteiger partial charge in [-0.1, -0.05) is 68.8 Å². The molecule has 3 aromatic carbocycles. The van der Waals surface area contributed by atoms with Crippen LogP contribution in [0.5, 0.6) is 5.75 Å². The molecule has 0 saturated heterocycles. The number of amides is 1. The zero-order valence-corrected chi connectivity index (χ0v) is 22.8. The first-order valence-corrected chi connectivity index (χ1v) is 13.5. The van der Waals surface area contributed by atoms with Gasteiger partial charge < -0.3 is 10.1 Å². The van der Waals surface area contributed by atoms with Gasteiger partial charge in [-0.2, -0.15) is 0 Å². The van der Waals surface area contributed by atoms with Crippen molar-refractivity contribution in [3.8, 4) is 5.75 Å². The smallest absolute Gasteiger partial charge is 0.264 e. The van der Waals surface area contributed by atoms with Gasteiger partial charge in [0.25, 0.3) is 10.0 Å². The van der Waals surface area contributed by atoms with E-state index in [1.54, 1.807) is 30.3 Å². The maximum Gasteiger partial charge on any atom is 0.264 e. The summed E-state index contributed by atoms with van der Waals surface area (Å²) in [5.74, 6) is 0.373. The number of carbonyl (C=O) groups excluding carboxylic acids is 1. The monoisotopic (exact) mass is 508 g/mol. The molecule has 0 bridgehead atoms. The average Bonchev–Trinajstić information content (AvgIpc) is 2.82. The van der Waals surface area contributed by atoms with Crippen LogP contribution in [0.2, 0.25) is 0 Å². The van der Waals surface area contributed by atoms with Gasteiger partial charge >= 0.3 is 0 Å². The largest absolute Gasteiger partial charge is 0.491 e. The zero-order valence-electron chi connectivity index (χ0n) is 22.0. The van der Waals surface area contributed by atoms with Crippen LogP contribution < -0.4 is 14.4 Å². The molecule has 192 valence electrons. The highest BCUT2D eigenvalue weighted by atomic mass is 32.2. The first kappa shape index (κ1) is 27.3. The standard InChI is InChI=1S/C29H36N2O4S/c1-21-12-15-24(16-13-21)36(33,34)31(26-19-22(2)11-14-23(26)3)20-28(32)30-17-18-35-27-10-8-7-9-25(27)29(4,5)6/h7-16,19H,17-18,20H2,1-6H3,(H,30,32). The fraction of sp³-hybridized carbons (Fsp3) is 0.345. The number of carbonyl (C=O) groups is 1. The number of sulfonamides is 1. The maximum absolute atomic E-state index is 13.6. The first-order chi connectivity index (χ1) is 16.9. The SMILES string of the molecule is Cc1ccc(S(=O)(=O)N(CC(=O)NCCOc2ccccc2C(C)(C)C)c2cc(C)ccc2C)cc1. The van der Waals surface area contributed by atoms with Gasteiger partial charge in [0.1, 0.15) is 18.9 Å². The van der Waals surface area contributed by atoms with Gasteiger partial charge in [-0.25, -0.2) is 8.42 Å². The fourth-order valence-electron chi connectivity index (χ4n) is 3.88. The molecule has 36 heavy (non-hydrogen) atoms. The summed E-state index contributed by atoms with van der Waals surface area (Å²) < 4.78 is 34.3. The van der Waals surface area contributed by atoms with Gasteiger partial charge in [0.05, 0.1) is 17.1 Å². The molecule has 0 aliphatic carbocycles. The van der Waals surface area contributed by atoms with Crippen molar-refractivity contribution in [2.24, 2.45) is 0 Å². The van der Waals surface area contributed by atoms with Crippen molar-refractivity contribution in [3.63, 3.8) is 0 Å². The summed E-state index contributed by atoms with van der Waals surface area (Å²) in [6.07, 6.45) is 0. The minimum absolute atomic E-state index is 0.0731. The molecule has 6 nitrogen and oxygen atoms in total. The molecular formula is C29H36N2O4S. The molecule has 0 saturated carbocycles. The van der Waals surface area contributed by atoms with Crippen molar-refractivity contribution in [1.82, 2.24) is 5.32 Å². The summed E-state index contributed by atoms with van der Waals surface area (Å²) in [7, 11) is -3.96. The van der Waals surface area contributed by atoms with Crippen molar-refractivity contribution in [2.45, 2.75) is 51.9 Å². The Morgan fingerprint density at radius 2 is 1.56 bits per heavy atom. The summed E-state index contributed by atoms with van der Waals surface area (Å²) >= 11 is 0. The van der Waals surface area contributed by atoms with Crippen LogP contribution in [-0.2, 0) is 20.2 Å². The normalized spacial score (nSPS) is 11.7. The lowest BCUT2D eigenvalue weighted by Gasteiger charge is -2.26. The van der Waals surface area contributed by atoms with Crippen molar-refractivity contribution in [3.05, 3.63) is 89.0 Å². The van der Waals surface area contributed by atoms with E-state index >= 15 is 0 Å². The molecule has 0 fully saturated rings. The number of hydrogen-bond acceptors (Lipinski definition) is 4. The van der Waals surface area contributed by atoms with Gasteiger partial charge in [-0.3, -0.25) is 9.10 Å². The van der Waals surface area contributed by atoms with Crippen LogP contribution in [0.25, 0.3) is 0 Å². The number of para-hydroxylation sites is 1. The Bertz CT molecular complexity index is 1310. The number of benzene rings is 3. The Morgan fingerprint density at radius 1 is 0.917 bits per heavy atom. The van der Waals surface area contributed by atoms with E-state index in [0.29, 0.717) is 5.69 Å². The topological polar surface area (TPSA) is 75.7 Å².